The van der Waals surface area contributed by atoms with Crippen molar-refractivity contribution in [2.45, 2.75) is 53.0 Å². The fraction of sp³-hybridized carbons (Fsp3) is 0.600. The van der Waals surface area contributed by atoms with E-state index in [2.05, 4.69) is 43.2 Å². The summed E-state index contributed by atoms with van der Waals surface area (Å²) in [4.78, 5) is 17.9. The van der Waals surface area contributed by atoms with Crippen LogP contribution in [0.15, 0.2) is 17.1 Å². The van der Waals surface area contributed by atoms with Crippen molar-refractivity contribution in [2.75, 3.05) is 26.2 Å². The minimum absolute atomic E-state index is 0. The van der Waals surface area contributed by atoms with Gasteiger partial charge in [0.05, 0.1) is 6.61 Å². The molecule has 0 atom stereocenters. The summed E-state index contributed by atoms with van der Waals surface area (Å²) in [6.07, 6.45) is 2.37. The summed E-state index contributed by atoms with van der Waals surface area (Å²) in [6, 6.07) is 4.68. The number of benzene rings is 1. The van der Waals surface area contributed by atoms with Gasteiger partial charge in [-0.2, -0.15) is 0 Å². The maximum Gasteiger partial charge on any atom is 0.409 e. The van der Waals surface area contributed by atoms with E-state index in [9.17, 15) is 4.79 Å². The third-order valence-electron chi connectivity index (χ3n) is 4.86. The predicted octanol–water partition coefficient (Wildman–Crippen LogP) is 3.30. The lowest BCUT2D eigenvalue weighted by molar-refractivity contribution is 0.0963. The van der Waals surface area contributed by atoms with Gasteiger partial charge in [0.1, 0.15) is 0 Å². The summed E-state index contributed by atoms with van der Waals surface area (Å²) < 4.78 is 5.04. The van der Waals surface area contributed by atoms with E-state index in [1.807, 2.05) is 6.92 Å². The van der Waals surface area contributed by atoms with Crippen LogP contribution in [-0.4, -0.2) is 49.2 Å². The zero-order valence-corrected chi connectivity index (χ0v) is 19.2. The zero-order valence-electron chi connectivity index (χ0n) is 16.9. The fourth-order valence-electron chi connectivity index (χ4n) is 3.57. The number of guanidine groups is 1. The number of carbonyl (C=O) groups excluding carboxylic acids is 1. The standard InChI is InChI=1S/C20H32N4O2.HI/c1-5-26-20(25)24-10-7-17(8-11-24)23-19(21)22-9-6-18-15(3)12-14(2)13-16(18)4;/h12-13,17H,5-11H2,1-4H3,(H3,21,22,23);1H. The number of nitrogens with zero attached hydrogens (tertiary/aromatic N) is 2. The smallest absolute Gasteiger partial charge is 0.409 e. The highest BCUT2D eigenvalue weighted by molar-refractivity contribution is 14.0. The molecule has 1 aromatic rings. The van der Waals surface area contributed by atoms with Crippen LogP contribution in [0.3, 0.4) is 0 Å². The Bertz CT molecular complexity index is 632. The molecular formula is C20H33IN4O2. The molecule has 1 aromatic carbocycles. The number of rotatable bonds is 5. The minimum atomic E-state index is -0.226. The minimum Gasteiger partial charge on any atom is -0.450 e. The van der Waals surface area contributed by atoms with E-state index in [1.54, 1.807) is 4.90 Å². The topological polar surface area (TPSA) is 80.0 Å². The monoisotopic (exact) mass is 488 g/mol. The van der Waals surface area contributed by atoms with Gasteiger partial charge in [-0.25, -0.2) is 4.79 Å². The van der Waals surface area contributed by atoms with E-state index < -0.39 is 0 Å². The number of carbonyl (C=O) groups is 1. The number of ether oxygens (including phenoxy) is 1. The molecule has 7 heteroatoms. The van der Waals surface area contributed by atoms with Gasteiger partial charge in [0.2, 0.25) is 0 Å². The molecule has 3 N–H and O–H groups in total. The van der Waals surface area contributed by atoms with Crippen LogP contribution < -0.4 is 11.1 Å². The van der Waals surface area contributed by atoms with Gasteiger partial charge in [-0.15, -0.1) is 24.0 Å². The lowest BCUT2D eigenvalue weighted by Gasteiger charge is -2.31. The second-order valence-electron chi connectivity index (χ2n) is 7.00. The molecule has 0 unspecified atom stereocenters. The Hall–Kier alpha value is -1.51. The van der Waals surface area contributed by atoms with Crippen molar-refractivity contribution >= 4 is 36.0 Å². The SMILES string of the molecule is CCOC(=O)N1CCC(NC(N)=NCCc2c(C)cc(C)cc2C)CC1.I. The quantitative estimate of drug-likeness (QED) is 0.379. The van der Waals surface area contributed by atoms with E-state index in [1.165, 1.54) is 22.3 Å². The summed E-state index contributed by atoms with van der Waals surface area (Å²) in [7, 11) is 0. The number of piperidine rings is 1. The second kappa shape index (κ2) is 11.4. The van der Waals surface area contributed by atoms with Crippen LogP contribution in [0, 0.1) is 20.8 Å². The van der Waals surface area contributed by atoms with Gasteiger partial charge in [0.15, 0.2) is 5.96 Å². The molecule has 1 saturated heterocycles. The third-order valence-corrected chi connectivity index (χ3v) is 4.86. The molecule has 2 rings (SSSR count). The average Bonchev–Trinajstić information content (AvgIpc) is 2.58. The zero-order chi connectivity index (χ0) is 19.1. The van der Waals surface area contributed by atoms with Crippen molar-refractivity contribution in [1.29, 1.82) is 0 Å². The van der Waals surface area contributed by atoms with E-state index in [4.69, 9.17) is 10.5 Å². The van der Waals surface area contributed by atoms with E-state index in [0.29, 0.717) is 32.2 Å². The normalized spacial score (nSPS) is 15.3. The summed E-state index contributed by atoms with van der Waals surface area (Å²) in [5.41, 5.74) is 11.3. The first kappa shape index (κ1) is 23.5. The number of nitrogens with one attached hydrogen (secondary N) is 1. The van der Waals surface area contributed by atoms with Crippen LogP contribution in [0.5, 0.6) is 0 Å². The molecule has 1 fully saturated rings. The maximum atomic E-state index is 11.7. The highest BCUT2D eigenvalue weighted by Crippen LogP contribution is 2.17. The Morgan fingerprint density at radius 1 is 1.26 bits per heavy atom. The summed E-state index contributed by atoms with van der Waals surface area (Å²) in [5.74, 6) is 0.488. The van der Waals surface area contributed by atoms with Crippen LogP contribution in [0.4, 0.5) is 4.79 Å². The van der Waals surface area contributed by atoms with Gasteiger partial charge in [0.25, 0.3) is 0 Å². The van der Waals surface area contributed by atoms with Gasteiger partial charge in [-0.3, -0.25) is 4.99 Å². The van der Waals surface area contributed by atoms with Crippen molar-refractivity contribution in [1.82, 2.24) is 10.2 Å². The van der Waals surface area contributed by atoms with Crippen LogP contribution in [0.25, 0.3) is 0 Å². The van der Waals surface area contributed by atoms with Crippen molar-refractivity contribution in [2.24, 2.45) is 10.7 Å². The van der Waals surface area contributed by atoms with Gasteiger partial charge in [-0.1, -0.05) is 17.7 Å². The van der Waals surface area contributed by atoms with Crippen LogP contribution in [0.1, 0.15) is 42.0 Å². The number of hydrogen-bond acceptors (Lipinski definition) is 3. The molecule has 1 amide bonds. The molecule has 0 aromatic heterocycles. The lowest BCUT2D eigenvalue weighted by atomic mass is 9.97. The van der Waals surface area contributed by atoms with Crippen LogP contribution >= 0.6 is 24.0 Å². The van der Waals surface area contributed by atoms with Crippen LogP contribution in [-0.2, 0) is 11.2 Å². The number of hydrogen-bond donors (Lipinski definition) is 2. The first-order chi connectivity index (χ1) is 12.4. The molecular weight excluding hydrogens is 455 g/mol. The summed E-state index contributed by atoms with van der Waals surface area (Å²) in [6.45, 7) is 10.7. The first-order valence-electron chi connectivity index (χ1n) is 9.45. The molecule has 27 heavy (non-hydrogen) atoms. The maximum absolute atomic E-state index is 11.7. The second-order valence-corrected chi connectivity index (χ2v) is 7.00. The van der Waals surface area contributed by atoms with Crippen molar-refractivity contribution in [3.05, 3.63) is 34.4 Å². The number of nitrogens with two attached hydrogens (primary N) is 1. The van der Waals surface area contributed by atoms with Gasteiger partial charge >= 0.3 is 6.09 Å². The van der Waals surface area contributed by atoms with Gasteiger partial charge < -0.3 is 20.7 Å². The molecule has 6 nitrogen and oxygen atoms in total. The number of amides is 1. The molecule has 0 saturated carbocycles. The Balaban J connectivity index is 0.00000364. The molecule has 0 spiro atoms. The summed E-state index contributed by atoms with van der Waals surface area (Å²) >= 11 is 0. The predicted molar refractivity (Wildman–Crippen MR) is 121 cm³/mol. The Morgan fingerprint density at radius 3 is 2.41 bits per heavy atom. The van der Waals surface area contributed by atoms with Gasteiger partial charge in [0, 0.05) is 25.7 Å². The highest BCUT2D eigenvalue weighted by atomic mass is 127. The Kier molecular flexibility index (Phi) is 9.90. The van der Waals surface area contributed by atoms with Crippen molar-refractivity contribution < 1.29 is 9.53 Å². The number of halogens is 1. The molecule has 0 radical (unpaired) electrons. The molecule has 152 valence electrons. The van der Waals surface area contributed by atoms with E-state index >= 15 is 0 Å². The van der Waals surface area contributed by atoms with Crippen LogP contribution in [0.2, 0.25) is 0 Å². The molecule has 1 aliphatic rings. The first-order valence-corrected chi connectivity index (χ1v) is 9.45. The number of likely N-dealkylation sites (tertiary alicyclic amines) is 1. The largest absolute Gasteiger partial charge is 0.450 e. The number of aliphatic imine (C=N–C) groups is 1. The average molecular weight is 488 g/mol. The Morgan fingerprint density at radius 2 is 1.85 bits per heavy atom. The Labute approximate surface area is 179 Å². The highest BCUT2D eigenvalue weighted by Gasteiger charge is 2.23. The molecule has 1 heterocycles. The molecule has 1 aliphatic heterocycles. The third kappa shape index (κ3) is 7.20. The summed E-state index contributed by atoms with van der Waals surface area (Å²) in [5, 5.41) is 3.28. The van der Waals surface area contributed by atoms with Crippen molar-refractivity contribution in [3.8, 4) is 0 Å². The number of aryl methyl sites for hydroxylation is 3. The van der Waals surface area contributed by atoms with E-state index in [0.717, 1.165) is 19.3 Å². The molecule has 0 aliphatic carbocycles. The molecule has 0 bridgehead atoms. The van der Waals surface area contributed by atoms with Gasteiger partial charge in [-0.05, 0) is 63.6 Å². The van der Waals surface area contributed by atoms with E-state index in [-0.39, 0.29) is 36.1 Å². The fourth-order valence-corrected chi connectivity index (χ4v) is 3.57. The van der Waals surface area contributed by atoms with Crippen molar-refractivity contribution in [3.63, 3.8) is 0 Å². The lowest BCUT2D eigenvalue weighted by Crippen LogP contribution is -2.48.